The highest BCUT2D eigenvalue weighted by molar-refractivity contribution is 6.10. The molecule has 2 N–H and O–H groups in total. The molecule has 0 saturated carbocycles. The Kier molecular flexibility index (Phi) is 4.60. The van der Waals surface area contributed by atoms with Crippen LogP contribution in [0, 0.1) is 6.92 Å². The maximum absolute atomic E-state index is 12.3. The molecule has 27 heavy (non-hydrogen) atoms. The number of aromatic nitrogens is 2. The minimum atomic E-state index is -0.269. The quantitative estimate of drug-likeness (QED) is 0.575. The minimum absolute atomic E-state index is 0.0939. The van der Waals surface area contributed by atoms with E-state index in [1.807, 2.05) is 43.3 Å². The number of carbonyl (C=O) groups is 1. The molecule has 0 unspecified atom stereocenters. The van der Waals surface area contributed by atoms with Gasteiger partial charge in [0.1, 0.15) is 5.69 Å². The molecule has 4 aromatic rings. The normalized spacial score (nSPS) is 11.2. The maximum Gasteiger partial charge on any atom is 0.269 e. The Morgan fingerprint density at radius 2 is 1.81 bits per heavy atom. The lowest BCUT2D eigenvalue weighted by Gasteiger charge is -2.10. The summed E-state index contributed by atoms with van der Waals surface area (Å²) in [5, 5.41) is 13.7. The first-order chi connectivity index (χ1) is 13.2. The second-order valence-electron chi connectivity index (χ2n) is 6.56. The van der Waals surface area contributed by atoms with E-state index in [0.717, 1.165) is 34.0 Å². The summed E-state index contributed by atoms with van der Waals surface area (Å²) in [6.07, 6.45) is 0. The van der Waals surface area contributed by atoms with Gasteiger partial charge in [0.05, 0.1) is 17.8 Å². The van der Waals surface area contributed by atoms with Gasteiger partial charge in [-0.15, -0.1) is 0 Å². The van der Waals surface area contributed by atoms with Crippen molar-refractivity contribution in [1.82, 2.24) is 14.9 Å². The van der Waals surface area contributed by atoms with Gasteiger partial charge in [0.15, 0.2) is 0 Å². The summed E-state index contributed by atoms with van der Waals surface area (Å²) in [6.45, 7) is 2.80. The van der Waals surface area contributed by atoms with Gasteiger partial charge in [-0.2, -0.15) is 0 Å². The van der Waals surface area contributed by atoms with Gasteiger partial charge in [-0.1, -0.05) is 48.5 Å². The predicted molar refractivity (Wildman–Crippen MR) is 107 cm³/mol. The second-order valence-corrected chi connectivity index (χ2v) is 6.56. The van der Waals surface area contributed by atoms with Crippen LogP contribution in [0.3, 0.4) is 0 Å². The highest BCUT2D eigenvalue weighted by atomic mass is 16.3. The zero-order valence-corrected chi connectivity index (χ0v) is 15.1. The molecule has 0 spiro atoms. The Hall–Kier alpha value is -3.18. The smallest absolute Gasteiger partial charge is 0.269 e. The van der Waals surface area contributed by atoms with Gasteiger partial charge in [0.2, 0.25) is 0 Å². The average molecular weight is 359 g/mol. The Bertz CT molecular complexity index is 1120. The lowest BCUT2D eigenvalue weighted by Crippen LogP contribution is -2.27. The van der Waals surface area contributed by atoms with Crippen LogP contribution in [-0.2, 0) is 6.54 Å². The number of hydrogen-bond acceptors (Lipinski definition) is 3. The first kappa shape index (κ1) is 17.2. The molecule has 0 radical (unpaired) electrons. The van der Waals surface area contributed by atoms with Crippen LogP contribution in [0.15, 0.2) is 60.7 Å². The lowest BCUT2D eigenvalue weighted by molar-refractivity contribution is 0.0940. The molecule has 0 atom stereocenters. The third-order valence-corrected chi connectivity index (χ3v) is 4.74. The molecule has 0 aliphatic rings. The molecule has 2 heterocycles. The van der Waals surface area contributed by atoms with E-state index in [2.05, 4.69) is 39.1 Å². The fourth-order valence-corrected chi connectivity index (χ4v) is 3.58. The van der Waals surface area contributed by atoms with Crippen molar-refractivity contribution in [2.75, 3.05) is 13.2 Å². The van der Waals surface area contributed by atoms with E-state index < -0.39 is 0 Å². The number of nitrogens with zero attached hydrogens (tertiary/aromatic N) is 2. The molecular formula is C22H21N3O2. The molecule has 136 valence electrons. The van der Waals surface area contributed by atoms with E-state index in [0.29, 0.717) is 5.69 Å². The van der Waals surface area contributed by atoms with Crippen molar-refractivity contribution < 1.29 is 9.90 Å². The fourth-order valence-electron chi connectivity index (χ4n) is 3.58. The summed E-state index contributed by atoms with van der Waals surface area (Å²) in [5.74, 6) is -0.269. The number of aliphatic hydroxyl groups is 1. The lowest BCUT2D eigenvalue weighted by atomic mass is 10.1. The highest BCUT2D eigenvalue weighted by Crippen LogP contribution is 2.31. The first-order valence-electron chi connectivity index (χ1n) is 9.00. The molecule has 2 aromatic carbocycles. The molecule has 4 rings (SSSR count). The monoisotopic (exact) mass is 359 g/mol. The molecular weight excluding hydrogens is 338 g/mol. The summed E-state index contributed by atoms with van der Waals surface area (Å²) in [4.78, 5) is 16.9. The zero-order chi connectivity index (χ0) is 18.8. The van der Waals surface area contributed by atoms with E-state index in [1.165, 1.54) is 5.56 Å². The molecule has 5 nitrogen and oxygen atoms in total. The molecule has 0 fully saturated rings. The summed E-state index contributed by atoms with van der Waals surface area (Å²) in [6, 6.07) is 20.4. The Morgan fingerprint density at radius 1 is 1.07 bits per heavy atom. The van der Waals surface area contributed by atoms with E-state index >= 15 is 0 Å². The fraction of sp³-hybridized carbons (Fsp3) is 0.182. The van der Waals surface area contributed by atoms with Crippen molar-refractivity contribution in [2.45, 2.75) is 13.5 Å². The van der Waals surface area contributed by atoms with Crippen LogP contribution in [0.2, 0.25) is 0 Å². The largest absolute Gasteiger partial charge is 0.395 e. The van der Waals surface area contributed by atoms with Crippen molar-refractivity contribution in [3.8, 4) is 0 Å². The van der Waals surface area contributed by atoms with E-state index in [1.54, 1.807) is 0 Å². The Balaban J connectivity index is 1.91. The maximum atomic E-state index is 12.3. The van der Waals surface area contributed by atoms with Gasteiger partial charge in [-0.3, -0.25) is 4.79 Å². The molecule has 2 aromatic heterocycles. The average Bonchev–Trinajstić information content (AvgIpc) is 3.01. The summed E-state index contributed by atoms with van der Waals surface area (Å²) in [5.41, 5.74) is 4.56. The number of benzene rings is 2. The number of carbonyl (C=O) groups excluding carboxylic acids is 1. The molecule has 5 heteroatoms. The minimum Gasteiger partial charge on any atom is -0.395 e. The van der Waals surface area contributed by atoms with Crippen LogP contribution in [0.5, 0.6) is 0 Å². The topological polar surface area (TPSA) is 67.2 Å². The van der Waals surface area contributed by atoms with Crippen LogP contribution in [0.1, 0.15) is 21.7 Å². The number of fused-ring (bicyclic) bond motifs is 3. The van der Waals surface area contributed by atoms with Gasteiger partial charge < -0.3 is 15.0 Å². The summed E-state index contributed by atoms with van der Waals surface area (Å²) in [7, 11) is 0. The SMILES string of the molecule is Cc1nc(C(=O)NCCO)cc2c3ccccc3n(Cc3ccccc3)c12. The summed E-state index contributed by atoms with van der Waals surface area (Å²) >= 11 is 0. The number of pyridine rings is 1. The van der Waals surface area contributed by atoms with Gasteiger partial charge in [0, 0.05) is 29.4 Å². The number of rotatable bonds is 5. The molecule has 0 aliphatic heterocycles. The van der Waals surface area contributed by atoms with Crippen molar-refractivity contribution in [3.63, 3.8) is 0 Å². The third-order valence-electron chi connectivity index (χ3n) is 4.74. The Morgan fingerprint density at radius 3 is 2.59 bits per heavy atom. The van der Waals surface area contributed by atoms with E-state index in [-0.39, 0.29) is 19.1 Å². The second kappa shape index (κ2) is 7.21. The van der Waals surface area contributed by atoms with Crippen LogP contribution >= 0.6 is 0 Å². The molecule has 0 saturated heterocycles. The summed E-state index contributed by atoms with van der Waals surface area (Å²) < 4.78 is 2.26. The van der Waals surface area contributed by atoms with Crippen LogP contribution < -0.4 is 5.32 Å². The standard InChI is InChI=1S/C22H21N3O2/c1-15-21-18(13-19(24-15)22(27)23-11-12-26)17-9-5-6-10-20(17)25(21)14-16-7-3-2-4-8-16/h2-10,13,26H,11-12,14H2,1H3,(H,23,27). The van der Waals surface area contributed by atoms with Crippen LogP contribution in [-0.4, -0.2) is 33.7 Å². The van der Waals surface area contributed by atoms with Crippen molar-refractivity contribution >= 4 is 27.7 Å². The highest BCUT2D eigenvalue weighted by Gasteiger charge is 2.17. The number of nitrogens with one attached hydrogen (secondary N) is 1. The Labute approximate surface area is 157 Å². The molecule has 0 bridgehead atoms. The van der Waals surface area contributed by atoms with E-state index in [9.17, 15) is 4.79 Å². The van der Waals surface area contributed by atoms with Gasteiger partial charge in [0.25, 0.3) is 5.91 Å². The number of amides is 1. The van der Waals surface area contributed by atoms with Crippen LogP contribution in [0.4, 0.5) is 0 Å². The van der Waals surface area contributed by atoms with Crippen molar-refractivity contribution in [3.05, 3.63) is 77.6 Å². The van der Waals surface area contributed by atoms with Gasteiger partial charge in [-0.05, 0) is 24.6 Å². The van der Waals surface area contributed by atoms with Crippen molar-refractivity contribution in [2.24, 2.45) is 0 Å². The van der Waals surface area contributed by atoms with Gasteiger partial charge >= 0.3 is 0 Å². The van der Waals surface area contributed by atoms with Gasteiger partial charge in [-0.25, -0.2) is 4.98 Å². The number of hydrogen-bond donors (Lipinski definition) is 2. The van der Waals surface area contributed by atoms with E-state index in [4.69, 9.17) is 5.11 Å². The van der Waals surface area contributed by atoms with Crippen molar-refractivity contribution in [1.29, 1.82) is 0 Å². The molecule has 0 aliphatic carbocycles. The number of aryl methyl sites for hydroxylation is 1. The number of aliphatic hydroxyl groups excluding tert-OH is 1. The zero-order valence-electron chi connectivity index (χ0n) is 15.1. The molecule has 1 amide bonds. The number of para-hydroxylation sites is 1. The third kappa shape index (κ3) is 3.17. The van der Waals surface area contributed by atoms with Crippen LogP contribution in [0.25, 0.3) is 21.8 Å². The predicted octanol–water partition coefficient (Wildman–Crippen LogP) is 3.27. The first-order valence-corrected chi connectivity index (χ1v) is 9.00.